The fourth-order valence-electron chi connectivity index (χ4n) is 1.64. The third-order valence-corrected chi connectivity index (χ3v) is 3.13. The molecule has 0 spiro atoms. The Bertz CT molecular complexity index is 389. The molecule has 2 N–H and O–H groups in total. The molecule has 1 aromatic carbocycles. The molecular formula is C15H27IN4. The second-order valence-electron chi connectivity index (χ2n) is 4.73. The highest BCUT2D eigenvalue weighted by Crippen LogP contribution is 2.02. The predicted octanol–water partition coefficient (Wildman–Crippen LogP) is 2.23. The Hall–Kier alpha value is -0.820. The standard InChI is InChI=1S/C15H26N4.HI/c1-5-19(4)11-10-17-15(16-3)18-12-14-8-6-13(2)7-9-14;/h6-9H,5,10-12H2,1-4H3,(H2,16,17,18);1H. The third-order valence-electron chi connectivity index (χ3n) is 3.13. The number of nitrogens with one attached hydrogen (secondary N) is 2. The summed E-state index contributed by atoms with van der Waals surface area (Å²) in [7, 11) is 3.91. The SMILES string of the molecule is CCN(C)CCNC(=NC)NCc1ccc(C)cc1.I. The van der Waals surface area contributed by atoms with Crippen LogP contribution in [0.25, 0.3) is 0 Å². The van der Waals surface area contributed by atoms with Crippen molar-refractivity contribution in [1.29, 1.82) is 0 Å². The molecule has 0 radical (unpaired) electrons. The molecule has 0 fully saturated rings. The van der Waals surface area contributed by atoms with Gasteiger partial charge in [-0.15, -0.1) is 24.0 Å². The first-order valence-electron chi connectivity index (χ1n) is 6.84. The number of hydrogen-bond donors (Lipinski definition) is 2. The molecule has 0 unspecified atom stereocenters. The van der Waals surface area contributed by atoms with Gasteiger partial charge in [0.25, 0.3) is 0 Å². The van der Waals surface area contributed by atoms with Gasteiger partial charge in [-0.3, -0.25) is 4.99 Å². The monoisotopic (exact) mass is 390 g/mol. The Labute approximate surface area is 140 Å². The number of halogens is 1. The van der Waals surface area contributed by atoms with E-state index in [4.69, 9.17) is 0 Å². The second kappa shape index (κ2) is 10.9. The summed E-state index contributed by atoms with van der Waals surface area (Å²) in [6.07, 6.45) is 0. The van der Waals surface area contributed by atoms with Gasteiger partial charge in [0, 0.05) is 26.7 Å². The summed E-state index contributed by atoms with van der Waals surface area (Å²) in [5, 5.41) is 6.63. The highest BCUT2D eigenvalue weighted by Gasteiger charge is 1.99. The van der Waals surface area contributed by atoms with Crippen LogP contribution in [0.5, 0.6) is 0 Å². The van der Waals surface area contributed by atoms with E-state index < -0.39 is 0 Å². The van der Waals surface area contributed by atoms with Crippen molar-refractivity contribution in [3.63, 3.8) is 0 Å². The molecule has 0 amide bonds. The zero-order chi connectivity index (χ0) is 14.1. The molecule has 0 atom stereocenters. The van der Waals surface area contributed by atoms with Gasteiger partial charge in [0.2, 0.25) is 0 Å². The Morgan fingerprint density at radius 2 is 1.85 bits per heavy atom. The number of aryl methyl sites for hydroxylation is 1. The van der Waals surface area contributed by atoms with Gasteiger partial charge >= 0.3 is 0 Å². The zero-order valence-electron chi connectivity index (χ0n) is 12.9. The normalized spacial score (nSPS) is 11.2. The summed E-state index contributed by atoms with van der Waals surface area (Å²) in [4.78, 5) is 6.48. The Morgan fingerprint density at radius 1 is 1.20 bits per heavy atom. The van der Waals surface area contributed by atoms with Gasteiger partial charge in [0.15, 0.2) is 5.96 Å². The predicted molar refractivity (Wildman–Crippen MR) is 98.0 cm³/mol. The summed E-state index contributed by atoms with van der Waals surface area (Å²) in [6.45, 7) is 8.03. The minimum absolute atomic E-state index is 0. The summed E-state index contributed by atoms with van der Waals surface area (Å²) in [5.41, 5.74) is 2.55. The van der Waals surface area contributed by atoms with Crippen molar-refractivity contribution in [1.82, 2.24) is 15.5 Å². The van der Waals surface area contributed by atoms with Gasteiger partial charge in [0.05, 0.1) is 0 Å². The minimum atomic E-state index is 0. The summed E-state index contributed by atoms with van der Waals surface area (Å²) in [5.74, 6) is 0.852. The number of guanidine groups is 1. The van der Waals surface area contributed by atoms with Crippen LogP contribution < -0.4 is 10.6 Å². The van der Waals surface area contributed by atoms with Gasteiger partial charge in [-0.1, -0.05) is 36.8 Å². The number of aliphatic imine (C=N–C) groups is 1. The van der Waals surface area contributed by atoms with E-state index in [0.29, 0.717) is 0 Å². The number of hydrogen-bond acceptors (Lipinski definition) is 2. The molecule has 0 aliphatic rings. The molecule has 0 saturated heterocycles. The Morgan fingerprint density at radius 3 is 2.40 bits per heavy atom. The maximum absolute atomic E-state index is 4.22. The van der Waals surface area contributed by atoms with Gasteiger partial charge in [-0.25, -0.2) is 0 Å². The zero-order valence-corrected chi connectivity index (χ0v) is 15.3. The minimum Gasteiger partial charge on any atom is -0.355 e. The van der Waals surface area contributed by atoms with Gasteiger partial charge in [-0.2, -0.15) is 0 Å². The van der Waals surface area contributed by atoms with Crippen molar-refractivity contribution in [3.05, 3.63) is 35.4 Å². The van der Waals surface area contributed by atoms with Crippen LogP contribution in [0.4, 0.5) is 0 Å². The number of nitrogens with zero attached hydrogens (tertiary/aromatic N) is 2. The van der Waals surface area contributed by atoms with Crippen LogP contribution in [0, 0.1) is 6.92 Å². The first-order valence-corrected chi connectivity index (χ1v) is 6.84. The van der Waals surface area contributed by atoms with Crippen molar-refractivity contribution in [2.24, 2.45) is 4.99 Å². The topological polar surface area (TPSA) is 39.7 Å². The quantitative estimate of drug-likeness (QED) is 0.445. The molecule has 20 heavy (non-hydrogen) atoms. The van der Waals surface area contributed by atoms with Crippen LogP contribution in [-0.4, -0.2) is 44.6 Å². The second-order valence-corrected chi connectivity index (χ2v) is 4.73. The molecule has 1 aromatic rings. The summed E-state index contributed by atoms with van der Waals surface area (Å²) < 4.78 is 0. The molecule has 0 bridgehead atoms. The van der Waals surface area contributed by atoms with Crippen LogP contribution in [0.2, 0.25) is 0 Å². The van der Waals surface area contributed by atoms with Gasteiger partial charge in [-0.05, 0) is 26.1 Å². The fourth-order valence-corrected chi connectivity index (χ4v) is 1.64. The lowest BCUT2D eigenvalue weighted by Gasteiger charge is -2.16. The van der Waals surface area contributed by atoms with E-state index in [2.05, 4.69) is 65.7 Å². The molecule has 0 aliphatic heterocycles. The van der Waals surface area contributed by atoms with E-state index in [9.17, 15) is 0 Å². The van der Waals surface area contributed by atoms with Crippen molar-refractivity contribution in [3.8, 4) is 0 Å². The molecule has 0 saturated carbocycles. The van der Waals surface area contributed by atoms with Crippen LogP contribution in [0.1, 0.15) is 18.1 Å². The lowest BCUT2D eigenvalue weighted by molar-refractivity contribution is 0.357. The maximum atomic E-state index is 4.22. The van der Waals surface area contributed by atoms with E-state index >= 15 is 0 Å². The Kier molecular flexibility index (Phi) is 10.5. The van der Waals surface area contributed by atoms with Crippen molar-refractivity contribution in [2.45, 2.75) is 20.4 Å². The van der Waals surface area contributed by atoms with Crippen LogP contribution >= 0.6 is 24.0 Å². The van der Waals surface area contributed by atoms with Crippen LogP contribution in [0.3, 0.4) is 0 Å². The molecule has 5 heteroatoms. The maximum Gasteiger partial charge on any atom is 0.191 e. The molecule has 0 aliphatic carbocycles. The largest absolute Gasteiger partial charge is 0.355 e. The Balaban J connectivity index is 0.00000361. The lowest BCUT2D eigenvalue weighted by atomic mass is 10.1. The first kappa shape index (κ1) is 19.2. The fraction of sp³-hybridized carbons (Fsp3) is 0.533. The highest BCUT2D eigenvalue weighted by molar-refractivity contribution is 14.0. The lowest BCUT2D eigenvalue weighted by Crippen LogP contribution is -2.40. The van der Waals surface area contributed by atoms with Crippen molar-refractivity contribution >= 4 is 29.9 Å². The van der Waals surface area contributed by atoms with Crippen LogP contribution in [-0.2, 0) is 6.54 Å². The molecule has 114 valence electrons. The van der Waals surface area contributed by atoms with E-state index in [-0.39, 0.29) is 24.0 Å². The van der Waals surface area contributed by atoms with E-state index in [0.717, 1.165) is 32.1 Å². The van der Waals surface area contributed by atoms with Gasteiger partial charge < -0.3 is 15.5 Å². The molecule has 4 nitrogen and oxygen atoms in total. The molecule has 0 heterocycles. The first-order chi connectivity index (χ1) is 9.15. The van der Waals surface area contributed by atoms with E-state index in [1.54, 1.807) is 7.05 Å². The molecule has 0 aromatic heterocycles. The average Bonchev–Trinajstić information content (AvgIpc) is 2.44. The number of benzene rings is 1. The van der Waals surface area contributed by atoms with E-state index in [1.165, 1.54) is 11.1 Å². The highest BCUT2D eigenvalue weighted by atomic mass is 127. The van der Waals surface area contributed by atoms with Crippen molar-refractivity contribution in [2.75, 3.05) is 33.7 Å². The molecule has 1 rings (SSSR count). The summed E-state index contributed by atoms with van der Waals surface area (Å²) >= 11 is 0. The van der Waals surface area contributed by atoms with Crippen molar-refractivity contribution < 1.29 is 0 Å². The third kappa shape index (κ3) is 7.69. The number of rotatable bonds is 6. The van der Waals surface area contributed by atoms with Gasteiger partial charge in [0.1, 0.15) is 0 Å². The average molecular weight is 390 g/mol. The van der Waals surface area contributed by atoms with E-state index in [1.807, 2.05) is 0 Å². The van der Waals surface area contributed by atoms with Crippen LogP contribution in [0.15, 0.2) is 29.3 Å². The summed E-state index contributed by atoms with van der Waals surface area (Å²) in [6, 6.07) is 8.54. The smallest absolute Gasteiger partial charge is 0.191 e. The molecular weight excluding hydrogens is 363 g/mol. The number of likely N-dealkylation sites (N-methyl/N-ethyl adjacent to an activating group) is 1.